The van der Waals surface area contributed by atoms with E-state index in [2.05, 4.69) is 30.8 Å². The maximum atomic E-state index is 12.3. The van der Waals surface area contributed by atoms with Crippen molar-refractivity contribution in [3.63, 3.8) is 0 Å². The summed E-state index contributed by atoms with van der Waals surface area (Å²) in [7, 11) is 0. The molecule has 2 amide bonds. The van der Waals surface area contributed by atoms with Crippen LogP contribution >= 0.6 is 0 Å². The molecule has 0 saturated carbocycles. The van der Waals surface area contributed by atoms with Gasteiger partial charge >= 0.3 is 12.2 Å². The van der Waals surface area contributed by atoms with Crippen LogP contribution in [0, 0.1) is 6.57 Å². The lowest BCUT2D eigenvalue weighted by molar-refractivity contribution is 0.0492. The van der Waals surface area contributed by atoms with E-state index in [4.69, 9.17) is 36.2 Å². The summed E-state index contributed by atoms with van der Waals surface area (Å²) in [4.78, 5) is 32.3. The molecule has 0 unspecified atom stereocenters. The summed E-state index contributed by atoms with van der Waals surface area (Å²) in [6.07, 6.45) is 2.18. The van der Waals surface area contributed by atoms with Crippen LogP contribution in [0.1, 0.15) is 108 Å². The van der Waals surface area contributed by atoms with Crippen molar-refractivity contribution in [1.82, 2.24) is 20.8 Å². The second-order valence-electron chi connectivity index (χ2n) is 15.6. The van der Waals surface area contributed by atoms with Gasteiger partial charge in [-0.15, -0.1) is 0 Å². The Kier molecular flexibility index (Phi) is 12.0. The molecule has 0 radical (unpaired) electrons. The first kappa shape index (κ1) is 40.1. The van der Waals surface area contributed by atoms with E-state index in [1.807, 2.05) is 91.8 Å². The molecule has 2 aliphatic rings. The van der Waals surface area contributed by atoms with Gasteiger partial charge in [0.25, 0.3) is 5.89 Å². The number of nitrogens with two attached hydrogens (primary N) is 1. The summed E-state index contributed by atoms with van der Waals surface area (Å²) in [5, 5.41) is 21.9. The van der Waals surface area contributed by atoms with Crippen LogP contribution in [0.3, 0.4) is 0 Å². The average Bonchev–Trinajstić information content (AvgIpc) is 3.86. The van der Waals surface area contributed by atoms with Crippen molar-refractivity contribution in [2.45, 2.75) is 110 Å². The highest BCUT2D eigenvalue weighted by Gasteiger charge is 2.30. The van der Waals surface area contributed by atoms with Gasteiger partial charge in [0.05, 0.1) is 24.8 Å². The molecule has 1 heterocycles. The molecule has 0 spiro atoms. The first-order chi connectivity index (χ1) is 26.0. The third kappa shape index (κ3) is 10.1. The van der Waals surface area contributed by atoms with Crippen molar-refractivity contribution >= 4 is 23.7 Å². The number of aromatic nitrogens is 2. The predicted octanol–water partition coefficient (Wildman–Crippen LogP) is 8.55. The van der Waals surface area contributed by atoms with Crippen LogP contribution in [-0.2, 0) is 22.3 Å². The highest BCUT2D eigenvalue weighted by atomic mass is 16.6. The highest BCUT2D eigenvalue weighted by molar-refractivity contribution is 5.99. The molecule has 5 N–H and O–H groups in total. The van der Waals surface area contributed by atoms with Gasteiger partial charge in [-0.1, -0.05) is 46.7 Å². The van der Waals surface area contributed by atoms with Gasteiger partial charge in [-0.25, -0.2) is 14.4 Å². The number of amidine groups is 1. The largest absolute Gasteiger partial charge is 0.502 e. The molecular weight excluding hydrogens is 702 g/mol. The van der Waals surface area contributed by atoms with Crippen LogP contribution in [0.2, 0.25) is 0 Å². The maximum Gasteiger partial charge on any atom is 0.408 e. The van der Waals surface area contributed by atoms with E-state index in [1.165, 1.54) is 0 Å². The van der Waals surface area contributed by atoms with E-state index in [0.717, 1.165) is 53.5 Å². The second kappa shape index (κ2) is 16.5. The maximum absolute atomic E-state index is 12.3. The molecular formula is C41H49N7O7. The molecule has 0 aliphatic heterocycles. The molecule has 4 aromatic rings. The average molecular weight is 752 g/mol. The van der Waals surface area contributed by atoms with Gasteiger partial charge < -0.3 is 40.3 Å². The number of fused-ring (bicyclic) bond motifs is 2. The summed E-state index contributed by atoms with van der Waals surface area (Å²) in [6, 6.07) is 16.5. The Morgan fingerprint density at radius 2 is 1.51 bits per heavy atom. The van der Waals surface area contributed by atoms with Crippen LogP contribution in [-0.4, -0.2) is 50.7 Å². The number of nitrogens with one attached hydrogen (secondary N) is 2. The number of carbonyl (C=O) groups excluding carboxylic acids is 2. The number of carbonyl (C=O) groups is 2. The minimum Gasteiger partial charge on any atom is -0.502 e. The van der Waals surface area contributed by atoms with E-state index >= 15 is 0 Å². The molecule has 3 aromatic carbocycles. The zero-order valence-corrected chi connectivity index (χ0v) is 32.5. The first-order valence-electron chi connectivity index (χ1n) is 18.2. The van der Waals surface area contributed by atoms with E-state index in [9.17, 15) is 9.59 Å². The fraction of sp³-hybridized carbons (Fsp3) is 0.415. The lowest BCUT2D eigenvalue weighted by Crippen LogP contribution is -2.34. The van der Waals surface area contributed by atoms with Gasteiger partial charge in [-0.3, -0.25) is 0 Å². The molecule has 0 bridgehead atoms. The number of oxime groups is 1. The smallest absolute Gasteiger partial charge is 0.408 e. The van der Waals surface area contributed by atoms with E-state index < -0.39 is 23.4 Å². The Balaban J connectivity index is 0.000000237. The number of ether oxygens (including phenoxy) is 3. The van der Waals surface area contributed by atoms with Crippen LogP contribution in [0.15, 0.2) is 64.3 Å². The van der Waals surface area contributed by atoms with E-state index in [0.29, 0.717) is 34.3 Å². The Morgan fingerprint density at radius 1 is 0.927 bits per heavy atom. The van der Waals surface area contributed by atoms with Crippen molar-refractivity contribution in [2.75, 3.05) is 0 Å². The Hall–Kier alpha value is -6.10. The van der Waals surface area contributed by atoms with Crippen molar-refractivity contribution < 1.29 is 33.5 Å². The standard InChI is InChI=1S/C26H28N4O4.C15H21N3O3/c1-15(2)32-22-13-10-16(14-21(22)27-6)24-29-23(30-34-24)19-9-7-8-18-17(19)11-12-20(18)28-25(31)33-26(3,4)5;1-15(2,3)21-14(19)17-12-8-7-9-10(12)5-4-6-11(9)13(16)18-20/h7-10,13-15,20H,11-12H2,1-5H3,(H,28,31);4-6,12,20H,7-8H2,1-3H3,(H2,16,18)(H,17,19)/t20-;12-/m11/s1. The number of rotatable bonds is 7. The molecule has 6 rings (SSSR count). The second-order valence-corrected chi connectivity index (χ2v) is 15.6. The molecule has 0 fully saturated rings. The Labute approximate surface area is 321 Å². The van der Waals surface area contributed by atoms with Crippen molar-refractivity contribution in [3.8, 4) is 28.6 Å². The molecule has 290 valence electrons. The summed E-state index contributed by atoms with van der Waals surface area (Å²) >= 11 is 0. The van der Waals surface area contributed by atoms with Crippen molar-refractivity contribution in [2.24, 2.45) is 10.9 Å². The molecule has 2 atom stereocenters. The number of benzene rings is 3. The van der Waals surface area contributed by atoms with Gasteiger partial charge in [0.1, 0.15) is 17.0 Å². The highest BCUT2D eigenvalue weighted by Crippen LogP contribution is 2.39. The Bertz CT molecular complexity index is 2100. The minimum absolute atomic E-state index is 0.0323. The van der Waals surface area contributed by atoms with Gasteiger partial charge in [-0.2, -0.15) is 4.98 Å². The summed E-state index contributed by atoms with van der Waals surface area (Å²) in [5.41, 5.74) is 11.3. The van der Waals surface area contributed by atoms with Crippen molar-refractivity contribution in [3.05, 3.63) is 93.8 Å². The SMILES string of the molecule is CC(C)(C)OC(=O)N[C@@H]1CCc2c(C(N)=NO)cccc21.[C-]#[N+]c1cc(-c2nc(-c3cccc4c3CC[C@H]4NC(=O)OC(C)(C)C)no2)ccc1OC(C)C. The summed E-state index contributed by atoms with van der Waals surface area (Å²) in [5.74, 6) is 1.41. The third-order valence-corrected chi connectivity index (χ3v) is 8.66. The fourth-order valence-electron chi connectivity index (χ4n) is 6.55. The van der Waals surface area contributed by atoms with Crippen LogP contribution in [0.4, 0.5) is 15.3 Å². The van der Waals surface area contributed by atoms with E-state index in [1.54, 1.807) is 18.2 Å². The zero-order valence-electron chi connectivity index (χ0n) is 32.5. The lowest BCUT2D eigenvalue weighted by atomic mass is 10.0. The van der Waals surface area contributed by atoms with Crippen molar-refractivity contribution in [1.29, 1.82) is 0 Å². The quantitative estimate of drug-likeness (QED) is 0.0468. The molecule has 2 aliphatic carbocycles. The number of nitrogens with zero attached hydrogens (tertiary/aromatic N) is 4. The fourth-order valence-corrected chi connectivity index (χ4v) is 6.55. The predicted molar refractivity (Wildman–Crippen MR) is 207 cm³/mol. The molecule has 0 saturated heterocycles. The number of hydrogen-bond acceptors (Lipinski definition) is 10. The van der Waals surface area contributed by atoms with Crippen LogP contribution in [0.25, 0.3) is 27.7 Å². The van der Waals surface area contributed by atoms with Gasteiger partial charge in [0.15, 0.2) is 5.84 Å². The van der Waals surface area contributed by atoms with Gasteiger partial charge in [0, 0.05) is 16.7 Å². The van der Waals surface area contributed by atoms with Crippen LogP contribution < -0.4 is 21.1 Å². The molecule has 55 heavy (non-hydrogen) atoms. The minimum atomic E-state index is -0.555. The first-order valence-corrected chi connectivity index (χ1v) is 18.2. The molecule has 14 heteroatoms. The monoisotopic (exact) mass is 751 g/mol. The summed E-state index contributed by atoms with van der Waals surface area (Å²) in [6.45, 7) is 22.3. The number of hydrogen-bond donors (Lipinski definition) is 4. The topological polar surface area (TPSA) is 188 Å². The normalized spacial score (nSPS) is 16.3. The number of alkyl carbamates (subject to hydrolysis) is 2. The zero-order chi connectivity index (χ0) is 40.1. The number of amides is 2. The van der Waals surface area contributed by atoms with Crippen LogP contribution in [0.5, 0.6) is 5.75 Å². The van der Waals surface area contributed by atoms with E-state index in [-0.39, 0.29) is 24.0 Å². The Morgan fingerprint density at radius 3 is 2.07 bits per heavy atom. The molecule has 1 aromatic heterocycles. The third-order valence-electron chi connectivity index (χ3n) is 8.66. The van der Waals surface area contributed by atoms with Gasteiger partial charge in [-0.05, 0) is 122 Å². The van der Waals surface area contributed by atoms with Gasteiger partial charge in [0.2, 0.25) is 11.5 Å². The summed E-state index contributed by atoms with van der Waals surface area (Å²) < 4.78 is 21.9. The molecule has 14 nitrogen and oxygen atoms in total. The lowest BCUT2D eigenvalue weighted by Gasteiger charge is -2.22.